The molecule has 1 heterocycles. The first-order chi connectivity index (χ1) is 15.6. The summed E-state index contributed by atoms with van der Waals surface area (Å²) in [4.78, 5) is 1.51. The van der Waals surface area contributed by atoms with Crippen LogP contribution in [0.2, 0.25) is 0 Å². The number of pyridine rings is 1. The largest absolute Gasteiger partial charge is 0.399 e. The van der Waals surface area contributed by atoms with Gasteiger partial charge in [0.1, 0.15) is 0 Å². The Morgan fingerprint density at radius 2 is 1.61 bits per heavy atom. The van der Waals surface area contributed by atoms with E-state index in [1.165, 1.54) is 24.3 Å². The zero-order valence-corrected chi connectivity index (χ0v) is 18.9. The minimum Gasteiger partial charge on any atom is -0.399 e. The van der Waals surface area contributed by atoms with Gasteiger partial charge in [-0.2, -0.15) is 26.8 Å². The summed E-state index contributed by atoms with van der Waals surface area (Å²) < 4.78 is 63.8. The number of sulfonamides is 1. The molecule has 0 fully saturated rings. The Morgan fingerprint density at radius 1 is 0.879 bits per heavy atom. The smallest absolute Gasteiger partial charge is 0.332 e. The molecule has 0 saturated carbocycles. The first-order valence-electron chi connectivity index (χ1n) is 9.61. The van der Waals surface area contributed by atoms with Gasteiger partial charge in [-0.1, -0.05) is 36.4 Å². The van der Waals surface area contributed by atoms with E-state index in [1.54, 1.807) is 23.7 Å². The number of benzene rings is 3. The highest BCUT2D eigenvalue weighted by atomic mass is 32.3. The monoisotopic (exact) mass is 486 g/mol. The average Bonchev–Trinajstić information content (AvgIpc) is 2.78. The fourth-order valence-electron chi connectivity index (χ4n) is 3.42. The van der Waals surface area contributed by atoms with E-state index >= 15 is 0 Å². The highest BCUT2D eigenvalue weighted by molar-refractivity contribution is 7.89. The molecule has 1 aromatic heterocycles. The molecule has 11 heteroatoms. The van der Waals surface area contributed by atoms with Crippen molar-refractivity contribution in [3.05, 3.63) is 84.2 Å². The van der Waals surface area contributed by atoms with Crippen LogP contribution >= 0.6 is 0 Å². The molecule has 4 rings (SSSR count). The number of nitrogens with zero attached hydrogens (tertiary/aromatic N) is 2. The van der Waals surface area contributed by atoms with Crippen molar-refractivity contribution in [3.63, 3.8) is 0 Å². The third-order valence-electron chi connectivity index (χ3n) is 5.05. The van der Waals surface area contributed by atoms with Gasteiger partial charge in [-0.05, 0) is 48.0 Å². The number of nitrogen functional groups attached to an aromatic ring is 1. The lowest BCUT2D eigenvalue weighted by Gasteiger charge is -2.14. The minimum atomic E-state index is -4.98. The van der Waals surface area contributed by atoms with Crippen molar-refractivity contribution in [3.8, 4) is 11.3 Å². The number of hydrogen-bond acceptors (Lipinski definition) is 6. The number of halogens is 1. The maximum atomic E-state index is 13.7. The van der Waals surface area contributed by atoms with E-state index < -0.39 is 25.1 Å². The summed E-state index contributed by atoms with van der Waals surface area (Å²) in [5, 5.41) is 4.41. The fourth-order valence-corrected chi connectivity index (χ4v) is 4.78. The standard InChI is InChI=1S/C22H19FN4O4S2/c1-27-21-11-10-17(32(23,28)29)13-19(21)20(14-22(27)15-6-3-2-4-7-15)25-26-33(30,31)18-9-5-8-16(24)12-18/h2-14,26H,24H2,1H3. The maximum Gasteiger partial charge on any atom is 0.332 e. The Morgan fingerprint density at radius 3 is 2.27 bits per heavy atom. The minimum absolute atomic E-state index is 0.0904. The van der Waals surface area contributed by atoms with Crippen LogP contribution in [-0.2, 0) is 27.3 Å². The molecule has 0 aliphatic rings. The molecular weight excluding hydrogens is 467 g/mol. The SMILES string of the molecule is Cn1c(-c2ccccc2)cc(=NNS(=O)(=O)c2cccc(N)c2)c2cc(S(=O)(=O)F)ccc21. The van der Waals surface area contributed by atoms with E-state index in [9.17, 15) is 20.7 Å². The van der Waals surface area contributed by atoms with Gasteiger partial charge in [0.05, 0.1) is 26.4 Å². The van der Waals surface area contributed by atoms with Gasteiger partial charge in [0.2, 0.25) is 0 Å². The van der Waals surface area contributed by atoms with Crippen molar-refractivity contribution < 1.29 is 20.7 Å². The molecule has 0 aliphatic heterocycles. The molecule has 33 heavy (non-hydrogen) atoms. The summed E-state index contributed by atoms with van der Waals surface area (Å²) in [6, 6.07) is 20.3. The van der Waals surface area contributed by atoms with Crippen molar-refractivity contribution in [1.82, 2.24) is 9.40 Å². The number of hydrogen-bond donors (Lipinski definition) is 2. The van der Waals surface area contributed by atoms with Crippen molar-refractivity contribution in [2.45, 2.75) is 9.79 Å². The lowest BCUT2D eigenvalue weighted by molar-refractivity contribution is 0.552. The molecule has 4 aromatic rings. The molecule has 0 radical (unpaired) electrons. The first-order valence-corrected chi connectivity index (χ1v) is 12.5. The Bertz CT molecular complexity index is 1650. The molecule has 0 bridgehead atoms. The molecule has 3 aromatic carbocycles. The first kappa shape index (κ1) is 22.5. The van der Waals surface area contributed by atoms with Gasteiger partial charge in [-0.3, -0.25) is 0 Å². The zero-order chi connectivity index (χ0) is 23.8. The van der Waals surface area contributed by atoms with Crippen LogP contribution in [0.1, 0.15) is 0 Å². The van der Waals surface area contributed by atoms with Crippen LogP contribution in [0.4, 0.5) is 9.57 Å². The van der Waals surface area contributed by atoms with Crippen molar-refractivity contribution in [1.29, 1.82) is 0 Å². The van der Waals surface area contributed by atoms with Crippen molar-refractivity contribution in [2.75, 3.05) is 5.73 Å². The van der Waals surface area contributed by atoms with Gasteiger partial charge in [0, 0.05) is 18.1 Å². The van der Waals surface area contributed by atoms with Crippen LogP contribution in [0, 0.1) is 0 Å². The molecule has 8 nitrogen and oxygen atoms in total. The van der Waals surface area contributed by atoms with Crippen LogP contribution in [-0.4, -0.2) is 21.4 Å². The van der Waals surface area contributed by atoms with E-state index in [-0.39, 0.29) is 21.3 Å². The number of fused-ring (bicyclic) bond motifs is 1. The zero-order valence-electron chi connectivity index (χ0n) is 17.3. The van der Waals surface area contributed by atoms with Crippen molar-refractivity contribution >= 4 is 36.8 Å². The molecule has 3 N–H and O–H groups in total. The summed E-state index contributed by atoms with van der Waals surface area (Å²) in [6.07, 6.45) is 0. The van der Waals surface area contributed by atoms with Crippen LogP contribution in [0.5, 0.6) is 0 Å². The molecular formula is C22H19FN4O4S2. The van der Waals surface area contributed by atoms with Crippen molar-refractivity contribution in [2.24, 2.45) is 12.1 Å². The Labute approximate surface area is 190 Å². The second kappa shape index (κ2) is 8.34. The van der Waals surface area contributed by atoms with Gasteiger partial charge in [-0.25, -0.2) is 0 Å². The molecule has 0 amide bonds. The van der Waals surface area contributed by atoms with Gasteiger partial charge in [-0.15, -0.1) is 3.89 Å². The molecule has 0 unspecified atom stereocenters. The second-order valence-electron chi connectivity index (χ2n) is 7.24. The lowest BCUT2D eigenvalue weighted by Crippen LogP contribution is -2.23. The molecule has 0 spiro atoms. The Kier molecular flexibility index (Phi) is 5.68. The topological polar surface area (TPSA) is 124 Å². The molecule has 0 aliphatic carbocycles. The Hall–Kier alpha value is -3.70. The average molecular weight is 487 g/mol. The number of nitrogens with one attached hydrogen (secondary N) is 1. The van der Waals surface area contributed by atoms with E-state index in [2.05, 4.69) is 9.93 Å². The molecule has 0 saturated heterocycles. The van der Waals surface area contributed by atoms with Gasteiger partial charge in [0.25, 0.3) is 10.0 Å². The quantitative estimate of drug-likeness (QED) is 0.255. The van der Waals surface area contributed by atoms with E-state index in [1.807, 2.05) is 30.3 Å². The summed E-state index contributed by atoms with van der Waals surface area (Å²) in [5.74, 6) is 0. The van der Waals surface area contributed by atoms with Gasteiger partial charge in [0.15, 0.2) is 0 Å². The normalized spacial score (nSPS) is 12.7. The third-order valence-corrected chi connectivity index (χ3v) is 7.07. The predicted octanol–water partition coefficient (Wildman–Crippen LogP) is 2.88. The van der Waals surface area contributed by atoms with Crippen LogP contribution < -0.4 is 15.9 Å². The third kappa shape index (κ3) is 4.59. The summed E-state index contributed by atoms with van der Waals surface area (Å²) in [7, 11) is -7.29. The van der Waals surface area contributed by atoms with Crippen LogP contribution in [0.25, 0.3) is 22.2 Å². The Balaban J connectivity index is 1.97. The number of aryl methyl sites for hydroxylation is 1. The number of nitrogens with two attached hydrogens (primary N) is 1. The maximum absolute atomic E-state index is 13.7. The second-order valence-corrected chi connectivity index (χ2v) is 10.2. The van der Waals surface area contributed by atoms with E-state index in [0.29, 0.717) is 11.2 Å². The summed E-state index contributed by atoms with van der Waals surface area (Å²) in [6.45, 7) is 0. The predicted molar refractivity (Wildman–Crippen MR) is 123 cm³/mol. The van der Waals surface area contributed by atoms with Gasteiger partial charge < -0.3 is 10.3 Å². The highest BCUT2D eigenvalue weighted by Crippen LogP contribution is 2.24. The fraction of sp³-hybridized carbons (Fsp3) is 0.0455. The number of aromatic nitrogens is 1. The molecule has 170 valence electrons. The highest BCUT2D eigenvalue weighted by Gasteiger charge is 2.17. The van der Waals surface area contributed by atoms with Gasteiger partial charge >= 0.3 is 10.2 Å². The molecule has 0 atom stereocenters. The summed E-state index contributed by atoms with van der Waals surface area (Å²) in [5.41, 5.74) is 7.96. The van der Waals surface area contributed by atoms with Crippen LogP contribution in [0.3, 0.4) is 0 Å². The lowest BCUT2D eigenvalue weighted by atomic mass is 10.1. The van der Waals surface area contributed by atoms with E-state index in [0.717, 1.165) is 17.7 Å². The van der Waals surface area contributed by atoms with E-state index in [4.69, 9.17) is 5.73 Å². The number of rotatable bonds is 5. The summed E-state index contributed by atoms with van der Waals surface area (Å²) >= 11 is 0. The number of anilines is 1. The van der Waals surface area contributed by atoms with Crippen LogP contribution in [0.15, 0.2) is 93.8 Å².